The summed E-state index contributed by atoms with van der Waals surface area (Å²) in [7, 11) is 0. The van der Waals surface area contributed by atoms with Gasteiger partial charge >= 0.3 is 0 Å². The molecule has 0 atom stereocenters. The first-order chi connectivity index (χ1) is 10.3. The normalized spacial score (nSPS) is 14.7. The SMILES string of the molecule is O=C(NC1CSC1)c1cc(COCc2ccccc2)on1. The zero-order valence-electron chi connectivity index (χ0n) is 11.5. The van der Waals surface area contributed by atoms with Crippen LogP contribution in [0.15, 0.2) is 40.9 Å². The van der Waals surface area contributed by atoms with Crippen molar-refractivity contribution in [3.05, 3.63) is 53.4 Å². The summed E-state index contributed by atoms with van der Waals surface area (Å²) in [6, 6.07) is 11.8. The first kappa shape index (κ1) is 14.2. The summed E-state index contributed by atoms with van der Waals surface area (Å²) in [5.41, 5.74) is 1.41. The van der Waals surface area contributed by atoms with Crippen molar-refractivity contribution >= 4 is 17.7 Å². The molecule has 1 amide bonds. The van der Waals surface area contributed by atoms with Gasteiger partial charge in [-0.2, -0.15) is 11.8 Å². The second-order valence-corrected chi connectivity index (χ2v) is 5.94. The number of thioether (sulfide) groups is 1. The Bertz CT molecular complexity index is 596. The molecule has 1 aliphatic heterocycles. The Morgan fingerprint density at radius 2 is 2.14 bits per heavy atom. The van der Waals surface area contributed by atoms with Crippen LogP contribution in [0.4, 0.5) is 0 Å². The zero-order chi connectivity index (χ0) is 14.5. The van der Waals surface area contributed by atoms with Crippen LogP contribution < -0.4 is 5.32 Å². The lowest BCUT2D eigenvalue weighted by Gasteiger charge is -2.25. The molecule has 2 aromatic rings. The van der Waals surface area contributed by atoms with Gasteiger partial charge in [-0.05, 0) is 5.56 Å². The molecule has 2 heterocycles. The first-order valence-electron chi connectivity index (χ1n) is 6.77. The van der Waals surface area contributed by atoms with Crippen LogP contribution in [-0.2, 0) is 18.0 Å². The van der Waals surface area contributed by atoms with Crippen molar-refractivity contribution in [3.8, 4) is 0 Å². The monoisotopic (exact) mass is 304 g/mol. The summed E-state index contributed by atoms with van der Waals surface area (Å²) in [5.74, 6) is 2.31. The Labute approximate surface area is 127 Å². The molecular weight excluding hydrogens is 288 g/mol. The Morgan fingerprint density at radius 3 is 2.86 bits per heavy atom. The molecule has 0 bridgehead atoms. The van der Waals surface area contributed by atoms with E-state index in [0.29, 0.717) is 24.7 Å². The van der Waals surface area contributed by atoms with E-state index in [2.05, 4.69) is 10.5 Å². The van der Waals surface area contributed by atoms with Crippen LogP contribution in [0.25, 0.3) is 0 Å². The first-order valence-corrected chi connectivity index (χ1v) is 7.92. The van der Waals surface area contributed by atoms with E-state index in [0.717, 1.165) is 17.1 Å². The van der Waals surface area contributed by atoms with Gasteiger partial charge in [0.1, 0.15) is 6.61 Å². The van der Waals surface area contributed by atoms with Gasteiger partial charge in [-0.1, -0.05) is 35.5 Å². The second kappa shape index (κ2) is 6.78. The van der Waals surface area contributed by atoms with Crippen molar-refractivity contribution in [2.24, 2.45) is 0 Å². The van der Waals surface area contributed by atoms with Gasteiger partial charge in [-0.3, -0.25) is 4.79 Å². The maximum Gasteiger partial charge on any atom is 0.273 e. The van der Waals surface area contributed by atoms with Crippen molar-refractivity contribution in [3.63, 3.8) is 0 Å². The lowest BCUT2D eigenvalue weighted by atomic mass is 10.2. The number of carbonyl (C=O) groups excluding carboxylic acids is 1. The predicted octanol–water partition coefficient (Wildman–Crippen LogP) is 2.24. The molecule has 0 saturated carbocycles. The molecule has 6 heteroatoms. The third kappa shape index (κ3) is 3.86. The highest BCUT2D eigenvalue weighted by molar-refractivity contribution is 8.00. The number of carbonyl (C=O) groups is 1. The van der Waals surface area contributed by atoms with Crippen molar-refractivity contribution in [2.45, 2.75) is 19.3 Å². The van der Waals surface area contributed by atoms with E-state index < -0.39 is 0 Å². The van der Waals surface area contributed by atoms with Crippen LogP contribution in [0, 0.1) is 0 Å². The van der Waals surface area contributed by atoms with Crippen LogP contribution in [0.3, 0.4) is 0 Å². The van der Waals surface area contributed by atoms with E-state index in [-0.39, 0.29) is 11.9 Å². The number of aromatic nitrogens is 1. The van der Waals surface area contributed by atoms with Crippen molar-refractivity contribution < 1.29 is 14.1 Å². The van der Waals surface area contributed by atoms with Gasteiger partial charge in [0.15, 0.2) is 11.5 Å². The summed E-state index contributed by atoms with van der Waals surface area (Å²) in [6.45, 7) is 0.802. The van der Waals surface area contributed by atoms with E-state index in [1.165, 1.54) is 0 Å². The average Bonchev–Trinajstić information content (AvgIpc) is 2.93. The molecule has 21 heavy (non-hydrogen) atoms. The maximum absolute atomic E-state index is 11.9. The molecule has 1 aromatic heterocycles. The number of rotatable bonds is 6. The highest BCUT2D eigenvalue weighted by Gasteiger charge is 2.22. The molecule has 0 radical (unpaired) electrons. The van der Waals surface area contributed by atoms with Crippen LogP contribution in [-0.4, -0.2) is 28.6 Å². The van der Waals surface area contributed by atoms with E-state index >= 15 is 0 Å². The number of nitrogens with zero attached hydrogens (tertiary/aromatic N) is 1. The fourth-order valence-electron chi connectivity index (χ4n) is 1.91. The number of ether oxygens (including phenoxy) is 1. The fourth-order valence-corrected chi connectivity index (χ4v) is 2.55. The van der Waals surface area contributed by atoms with Gasteiger partial charge in [-0.25, -0.2) is 0 Å². The molecule has 0 unspecified atom stereocenters. The molecule has 1 aromatic carbocycles. The lowest BCUT2D eigenvalue weighted by Crippen LogP contribution is -2.43. The molecule has 1 N–H and O–H groups in total. The molecular formula is C15H16N2O3S. The third-order valence-corrected chi connectivity index (χ3v) is 4.40. The highest BCUT2D eigenvalue weighted by atomic mass is 32.2. The third-order valence-electron chi connectivity index (χ3n) is 3.12. The summed E-state index contributed by atoms with van der Waals surface area (Å²) < 4.78 is 10.7. The molecule has 1 fully saturated rings. The molecule has 110 valence electrons. The number of nitrogens with one attached hydrogen (secondary N) is 1. The van der Waals surface area contributed by atoms with E-state index in [1.54, 1.807) is 6.07 Å². The van der Waals surface area contributed by atoms with Gasteiger partial charge in [-0.15, -0.1) is 0 Å². The number of benzene rings is 1. The largest absolute Gasteiger partial charge is 0.369 e. The molecule has 0 spiro atoms. The molecule has 1 saturated heterocycles. The average molecular weight is 304 g/mol. The van der Waals surface area contributed by atoms with Gasteiger partial charge in [0.2, 0.25) is 0 Å². The predicted molar refractivity (Wildman–Crippen MR) is 80.0 cm³/mol. The van der Waals surface area contributed by atoms with Crippen LogP contribution >= 0.6 is 11.8 Å². The Kier molecular flexibility index (Phi) is 4.57. The Morgan fingerprint density at radius 1 is 1.33 bits per heavy atom. The van der Waals surface area contributed by atoms with Crippen LogP contribution in [0.5, 0.6) is 0 Å². The van der Waals surface area contributed by atoms with Gasteiger partial charge in [0.25, 0.3) is 5.91 Å². The van der Waals surface area contributed by atoms with Gasteiger partial charge < -0.3 is 14.6 Å². The molecule has 5 nitrogen and oxygen atoms in total. The minimum absolute atomic E-state index is 0.182. The van der Waals surface area contributed by atoms with Crippen LogP contribution in [0.1, 0.15) is 21.8 Å². The summed E-state index contributed by atoms with van der Waals surface area (Å²) in [4.78, 5) is 11.9. The summed E-state index contributed by atoms with van der Waals surface area (Å²) in [6.07, 6.45) is 0. The molecule has 1 aliphatic rings. The summed E-state index contributed by atoms with van der Waals surface area (Å²) >= 11 is 1.82. The summed E-state index contributed by atoms with van der Waals surface area (Å²) in [5, 5.41) is 6.68. The quantitative estimate of drug-likeness (QED) is 0.886. The van der Waals surface area contributed by atoms with Crippen molar-refractivity contribution in [1.29, 1.82) is 0 Å². The maximum atomic E-state index is 11.9. The highest BCUT2D eigenvalue weighted by Crippen LogP contribution is 2.17. The topological polar surface area (TPSA) is 64.4 Å². The van der Waals surface area contributed by atoms with E-state index in [9.17, 15) is 4.79 Å². The fraction of sp³-hybridized carbons (Fsp3) is 0.333. The van der Waals surface area contributed by atoms with Crippen molar-refractivity contribution in [1.82, 2.24) is 10.5 Å². The van der Waals surface area contributed by atoms with Gasteiger partial charge in [0.05, 0.1) is 6.61 Å². The van der Waals surface area contributed by atoms with Crippen LogP contribution in [0.2, 0.25) is 0 Å². The minimum Gasteiger partial charge on any atom is -0.369 e. The molecule has 3 rings (SSSR count). The van der Waals surface area contributed by atoms with E-state index in [4.69, 9.17) is 9.26 Å². The molecule has 0 aliphatic carbocycles. The smallest absolute Gasteiger partial charge is 0.273 e. The Balaban J connectivity index is 1.47. The minimum atomic E-state index is -0.182. The number of hydrogen-bond acceptors (Lipinski definition) is 5. The van der Waals surface area contributed by atoms with Gasteiger partial charge in [0, 0.05) is 23.6 Å². The standard InChI is InChI=1S/C15H16N2O3S/c18-15(16-12-9-21-10-12)14-6-13(20-17-14)8-19-7-11-4-2-1-3-5-11/h1-6,12H,7-10H2,(H,16,18). The number of hydrogen-bond donors (Lipinski definition) is 1. The zero-order valence-corrected chi connectivity index (χ0v) is 12.3. The Hall–Kier alpha value is -1.79. The number of amides is 1. The second-order valence-electron chi connectivity index (χ2n) is 4.86. The lowest BCUT2D eigenvalue weighted by molar-refractivity contribution is 0.0876. The van der Waals surface area contributed by atoms with Crippen molar-refractivity contribution in [2.75, 3.05) is 11.5 Å². The van der Waals surface area contributed by atoms with E-state index in [1.807, 2.05) is 42.1 Å².